The molecule has 2 saturated carbocycles. The largest absolute Gasteiger partial charge is 0.481 e. The number of carbonyl (C=O) groups excluding carboxylic acids is 1. The first kappa shape index (κ1) is 13.4. The monoisotopic (exact) mass is 253 g/mol. The Bertz CT molecular complexity index is 342. The van der Waals surface area contributed by atoms with Gasteiger partial charge in [-0.1, -0.05) is 13.3 Å². The van der Waals surface area contributed by atoms with Crippen LogP contribution in [0.5, 0.6) is 0 Å². The molecule has 1 amide bonds. The smallest absolute Gasteiger partial charge is 0.308 e. The number of aliphatic carboxylic acids is 1. The molecule has 2 bridgehead atoms. The highest BCUT2D eigenvalue weighted by Crippen LogP contribution is 2.48. The summed E-state index contributed by atoms with van der Waals surface area (Å²) in [6, 6.07) is 0. The maximum atomic E-state index is 12.5. The Morgan fingerprint density at radius 1 is 1.33 bits per heavy atom. The molecule has 2 aliphatic rings. The standard InChI is InChI=1S/C14H23NO3/c1-3-15(8-9(2)14(17)18)13(16)12-7-10-4-5-11(12)6-10/h9-12H,3-8H2,1-2H3,(H,17,18). The maximum Gasteiger partial charge on any atom is 0.308 e. The van der Waals surface area contributed by atoms with Gasteiger partial charge in [-0.3, -0.25) is 9.59 Å². The number of hydrogen-bond donors (Lipinski definition) is 1. The van der Waals surface area contributed by atoms with Crippen LogP contribution in [0.1, 0.15) is 39.5 Å². The van der Waals surface area contributed by atoms with E-state index in [1.165, 1.54) is 19.3 Å². The van der Waals surface area contributed by atoms with Gasteiger partial charge in [0.25, 0.3) is 0 Å². The lowest BCUT2D eigenvalue weighted by Gasteiger charge is -2.29. The van der Waals surface area contributed by atoms with Crippen LogP contribution in [0.2, 0.25) is 0 Å². The minimum atomic E-state index is -0.825. The van der Waals surface area contributed by atoms with Crippen LogP contribution >= 0.6 is 0 Å². The molecule has 4 unspecified atom stereocenters. The molecule has 0 heterocycles. The van der Waals surface area contributed by atoms with Crippen molar-refractivity contribution >= 4 is 11.9 Å². The summed E-state index contributed by atoms with van der Waals surface area (Å²) in [5.74, 6) is 0.375. The maximum absolute atomic E-state index is 12.5. The molecule has 0 spiro atoms. The third kappa shape index (κ3) is 2.52. The molecule has 0 aliphatic heterocycles. The van der Waals surface area contributed by atoms with Crippen molar-refractivity contribution in [3.63, 3.8) is 0 Å². The molecule has 0 aromatic heterocycles. The van der Waals surface area contributed by atoms with Crippen molar-refractivity contribution in [2.24, 2.45) is 23.7 Å². The Morgan fingerprint density at radius 3 is 2.50 bits per heavy atom. The van der Waals surface area contributed by atoms with Gasteiger partial charge in [-0.15, -0.1) is 0 Å². The molecule has 0 saturated heterocycles. The van der Waals surface area contributed by atoms with Gasteiger partial charge in [0.2, 0.25) is 5.91 Å². The first-order valence-corrected chi connectivity index (χ1v) is 7.04. The predicted octanol–water partition coefficient (Wildman–Crippen LogP) is 1.99. The van der Waals surface area contributed by atoms with Gasteiger partial charge in [-0.2, -0.15) is 0 Å². The van der Waals surface area contributed by atoms with Gasteiger partial charge in [-0.05, 0) is 38.0 Å². The molecule has 2 fully saturated rings. The van der Waals surface area contributed by atoms with Gasteiger partial charge in [0.1, 0.15) is 0 Å². The summed E-state index contributed by atoms with van der Waals surface area (Å²) in [7, 11) is 0. The summed E-state index contributed by atoms with van der Waals surface area (Å²) in [5.41, 5.74) is 0. The molecular weight excluding hydrogens is 230 g/mol. The Kier molecular flexibility index (Phi) is 3.93. The highest BCUT2D eigenvalue weighted by Gasteiger charge is 2.44. The number of carboxylic acid groups (broad SMARTS) is 1. The fourth-order valence-electron chi connectivity index (χ4n) is 3.57. The average Bonchev–Trinajstić information content (AvgIpc) is 2.96. The van der Waals surface area contributed by atoms with Crippen molar-refractivity contribution in [1.29, 1.82) is 0 Å². The molecular formula is C14H23NO3. The summed E-state index contributed by atoms with van der Waals surface area (Å²) in [5, 5.41) is 8.94. The van der Waals surface area contributed by atoms with E-state index in [0.717, 1.165) is 12.3 Å². The SMILES string of the molecule is CCN(CC(C)C(=O)O)C(=O)C1CC2CCC1C2. The van der Waals surface area contributed by atoms with E-state index in [0.29, 0.717) is 19.0 Å². The Labute approximate surface area is 108 Å². The van der Waals surface area contributed by atoms with Crippen molar-refractivity contribution in [3.8, 4) is 0 Å². The number of carboxylic acids is 1. The summed E-state index contributed by atoms with van der Waals surface area (Å²) >= 11 is 0. The number of fused-ring (bicyclic) bond motifs is 2. The number of amides is 1. The van der Waals surface area contributed by atoms with Gasteiger partial charge >= 0.3 is 5.97 Å². The van der Waals surface area contributed by atoms with Crippen LogP contribution in [0, 0.1) is 23.7 Å². The van der Waals surface area contributed by atoms with Crippen LogP contribution in [0.15, 0.2) is 0 Å². The van der Waals surface area contributed by atoms with Crippen LogP contribution < -0.4 is 0 Å². The molecule has 2 aliphatic carbocycles. The normalized spacial score (nSPS) is 31.3. The van der Waals surface area contributed by atoms with E-state index >= 15 is 0 Å². The highest BCUT2D eigenvalue weighted by atomic mass is 16.4. The third-order valence-corrected chi connectivity index (χ3v) is 4.66. The summed E-state index contributed by atoms with van der Waals surface area (Å²) < 4.78 is 0. The Morgan fingerprint density at radius 2 is 2.06 bits per heavy atom. The van der Waals surface area contributed by atoms with E-state index in [-0.39, 0.29) is 11.8 Å². The molecule has 102 valence electrons. The number of rotatable bonds is 5. The molecule has 2 rings (SSSR count). The zero-order valence-corrected chi connectivity index (χ0v) is 11.3. The topological polar surface area (TPSA) is 57.6 Å². The number of hydrogen-bond acceptors (Lipinski definition) is 2. The van der Waals surface area contributed by atoms with Crippen LogP contribution in [0.25, 0.3) is 0 Å². The summed E-state index contributed by atoms with van der Waals surface area (Å²) in [6.45, 7) is 4.56. The lowest BCUT2D eigenvalue weighted by atomic mass is 9.87. The van der Waals surface area contributed by atoms with Crippen LogP contribution in [-0.2, 0) is 9.59 Å². The van der Waals surface area contributed by atoms with Crippen molar-refractivity contribution in [3.05, 3.63) is 0 Å². The molecule has 0 aromatic rings. The van der Waals surface area contributed by atoms with Gasteiger partial charge in [0, 0.05) is 19.0 Å². The number of nitrogens with zero attached hydrogens (tertiary/aromatic N) is 1. The van der Waals surface area contributed by atoms with Gasteiger partial charge < -0.3 is 10.0 Å². The molecule has 0 aromatic carbocycles. The van der Waals surface area contributed by atoms with Gasteiger partial charge in [0.05, 0.1) is 5.92 Å². The molecule has 4 nitrogen and oxygen atoms in total. The molecule has 4 heteroatoms. The fourth-order valence-corrected chi connectivity index (χ4v) is 3.57. The second-order valence-electron chi connectivity index (χ2n) is 5.90. The van der Waals surface area contributed by atoms with Crippen LogP contribution in [0.3, 0.4) is 0 Å². The van der Waals surface area contributed by atoms with Crippen molar-refractivity contribution in [2.45, 2.75) is 39.5 Å². The minimum absolute atomic E-state index is 0.171. The molecule has 4 atom stereocenters. The zero-order chi connectivity index (χ0) is 13.3. The first-order valence-electron chi connectivity index (χ1n) is 7.04. The predicted molar refractivity (Wildman–Crippen MR) is 68.0 cm³/mol. The first-order chi connectivity index (χ1) is 8.52. The van der Waals surface area contributed by atoms with Crippen LogP contribution in [-0.4, -0.2) is 35.0 Å². The van der Waals surface area contributed by atoms with E-state index in [4.69, 9.17) is 5.11 Å². The summed E-state index contributed by atoms with van der Waals surface area (Å²) in [6.07, 6.45) is 4.71. The van der Waals surface area contributed by atoms with Crippen molar-refractivity contribution in [1.82, 2.24) is 4.90 Å². The molecule has 1 N–H and O–H groups in total. The van der Waals surface area contributed by atoms with Crippen molar-refractivity contribution < 1.29 is 14.7 Å². The lowest BCUT2D eigenvalue weighted by molar-refractivity contribution is -0.144. The second kappa shape index (κ2) is 5.29. The van der Waals surface area contributed by atoms with E-state index in [1.807, 2.05) is 6.92 Å². The van der Waals surface area contributed by atoms with Gasteiger partial charge in [-0.25, -0.2) is 0 Å². The van der Waals surface area contributed by atoms with E-state index in [2.05, 4.69) is 0 Å². The Hall–Kier alpha value is -1.06. The van der Waals surface area contributed by atoms with E-state index in [1.54, 1.807) is 11.8 Å². The Balaban J connectivity index is 1.95. The minimum Gasteiger partial charge on any atom is -0.481 e. The second-order valence-corrected chi connectivity index (χ2v) is 5.90. The quantitative estimate of drug-likeness (QED) is 0.815. The van der Waals surface area contributed by atoms with Crippen molar-refractivity contribution in [2.75, 3.05) is 13.1 Å². The van der Waals surface area contributed by atoms with E-state index < -0.39 is 11.9 Å². The highest BCUT2D eigenvalue weighted by molar-refractivity contribution is 5.80. The van der Waals surface area contributed by atoms with Gasteiger partial charge in [0.15, 0.2) is 0 Å². The molecule has 0 radical (unpaired) electrons. The lowest BCUT2D eigenvalue weighted by Crippen LogP contribution is -2.41. The number of carbonyl (C=O) groups is 2. The fraction of sp³-hybridized carbons (Fsp3) is 0.857. The summed E-state index contributed by atoms with van der Waals surface area (Å²) in [4.78, 5) is 25.1. The molecule has 18 heavy (non-hydrogen) atoms. The van der Waals surface area contributed by atoms with Crippen LogP contribution in [0.4, 0.5) is 0 Å². The third-order valence-electron chi connectivity index (χ3n) is 4.66. The van der Waals surface area contributed by atoms with E-state index in [9.17, 15) is 9.59 Å². The average molecular weight is 253 g/mol. The zero-order valence-electron chi connectivity index (χ0n) is 11.3.